The van der Waals surface area contributed by atoms with E-state index in [1.807, 2.05) is 0 Å². The van der Waals surface area contributed by atoms with Crippen molar-refractivity contribution >= 4 is 11.9 Å². The lowest BCUT2D eigenvalue weighted by Gasteiger charge is -2.15. The van der Waals surface area contributed by atoms with Crippen molar-refractivity contribution in [3.05, 3.63) is 12.2 Å². The Bertz CT molecular complexity index is 617. The molecule has 0 radical (unpaired) electrons. The number of carbonyl (C=O) groups excluding carboxylic acids is 2. The molecule has 1 atom stereocenters. The van der Waals surface area contributed by atoms with Gasteiger partial charge in [0.1, 0.15) is 6.61 Å². The van der Waals surface area contributed by atoms with Crippen LogP contribution in [-0.2, 0) is 19.1 Å². The van der Waals surface area contributed by atoms with Crippen LogP contribution in [0.1, 0.15) is 200 Å². The number of ether oxygens (including phenoxy) is 2. The van der Waals surface area contributed by atoms with E-state index in [1.54, 1.807) is 0 Å². The number of allylic oxidation sites excluding steroid dienone is 2. The summed E-state index contributed by atoms with van der Waals surface area (Å²) in [6.45, 7) is 4.13. The van der Waals surface area contributed by atoms with Gasteiger partial charge in [-0.3, -0.25) is 9.59 Å². The molecule has 0 rings (SSSR count). The molecule has 43 heavy (non-hydrogen) atoms. The van der Waals surface area contributed by atoms with Crippen molar-refractivity contribution in [3.63, 3.8) is 0 Å². The Balaban J connectivity index is 3.54. The minimum Gasteiger partial charge on any atom is -0.462 e. The summed E-state index contributed by atoms with van der Waals surface area (Å²) in [4.78, 5) is 24.2. The van der Waals surface area contributed by atoms with Crippen LogP contribution in [0.4, 0.5) is 0 Å². The molecule has 0 aliphatic heterocycles. The van der Waals surface area contributed by atoms with Crippen LogP contribution in [0.15, 0.2) is 12.2 Å². The highest BCUT2D eigenvalue weighted by Crippen LogP contribution is 2.14. The first-order valence-electron chi connectivity index (χ1n) is 18.7. The second-order valence-corrected chi connectivity index (χ2v) is 12.7. The molecule has 0 saturated heterocycles. The highest BCUT2D eigenvalue weighted by Gasteiger charge is 2.16. The maximum absolute atomic E-state index is 12.1. The number of hydrogen-bond acceptors (Lipinski definition) is 5. The van der Waals surface area contributed by atoms with Gasteiger partial charge in [0.05, 0.1) is 6.61 Å². The predicted molar refractivity (Wildman–Crippen MR) is 182 cm³/mol. The summed E-state index contributed by atoms with van der Waals surface area (Å²) in [7, 11) is 0. The number of unbranched alkanes of at least 4 members (excludes halogenated alkanes) is 24. The summed E-state index contributed by atoms with van der Waals surface area (Å²) in [5.41, 5.74) is 0. The van der Waals surface area contributed by atoms with Crippen LogP contribution in [0.2, 0.25) is 0 Å². The Kier molecular flexibility index (Phi) is 34.0. The highest BCUT2D eigenvalue weighted by atomic mass is 16.6. The first-order valence-corrected chi connectivity index (χ1v) is 18.7. The van der Waals surface area contributed by atoms with Crippen LogP contribution in [0.5, 0.6) is 0 Å². The Morgan fingerprint density at radius 2 is 0.860 bits per heavy atom. The van der Waals surface area contributed by atoms with Crippen molar-refractivity contribution in [1.29, 1.82) is 0 Å². The van der Waals surface area contributed by atoms with Crippen LogP contribution >= 0.6 is 0 Å². The average molecular weight is 609 g/mol. The van der Waals surface area contributed by atoms with Crippen LogP contribution < -0.4 is 0 Å². The van der Waals surface area contributed by atoms with Gasteiger partial charge < -0.3 is 14.6 Å². The molecule has 0 saturated carbocycles. The third-order valence-electron chi connectivity index (χ3n) is 8.31. The van der Waals surface area contributed by atoms with Gasteiger partial charge in [-0.2, -0.15) is 0 Å². The van der Waals surface area contributed by atoms with Gasteiger partial charge in [-0.25, -0.2) is 0 Å². The maximum Gasteiger partial charge on any atom is 0.306 e. The number of aliphatic hydroxyl groups excluding tert-OH is 1. The van der Waals surface area contributed by atoms with E-state index < -0.39 is 6.10 Å². The standard InChI is InChI=1S/C38H72O5/c1-3-5-7-9-11-13-15-17-19-21-23-25-27-29-31-33-38(41)43-36(34-39)35-42-37(40)32-30-28-26-24-22-20-18-16-14-12-10-8-6-4-2/h16,18,36,39H,3-15,17,19-35H2,1-2H3/b18-16-/t36-/m0/s1. The van der Waals surface area contributed by atoms with Gasteiger partial charge in [0, 0.05) is 12.8 Å². The Labute approximate surface area is 267 Å². The van der Waals surface area contributed by atoms with E-state index in [9.17, 15) is 14.7 Å². The van der Waals surface area contributed by atoms with Crippen molar-refractivity contribution in [2.75, 3.05) is 13.2 Å². The highest BCUT2D eigenvalue weighted by molar-refractivity contribution is 5.70. The molecule has 0 aliphatic rings. The number of carbonyl (C=O) groups is 2. The Hall–Kier alpha value is -1.36. The fraction of sp³-hybridized carbons (Fsp3) is 0.895. The molecule has 254 valence electrons. The van der Waals surface area contributed by atoms with E-state index >= 15 is 0 Å². The van der Waals surface area contributed by atoms with Crippen LogP contribution in [0, 0.1) is 0 Å². The topological polar surface area (TPSA) is 72.8 Å². The quantitative estimate of drug-likeness (QED) is 0.0447. The number of esters is 2. The zero-order chi connectivity index (χ0) is 31.5. The van der Waals surface area contributed by atoms with Gasteiger partial charge in [0.15, 0.2) is 6.10 Å². The molecule has 0 spiro atoms. The first-order chi connectivity index (χ1) is 21.1. The van der Waals surface area contributed by atoms with Crippen molar-refractivity contribution in [2.24, 2.45) is 0 Å². The molecule has 5 nitrogen and oxygen atoms in total. The molecule has 1 N–H and O–H groups in total. The normalized spacial score (nSPS) is 12.2. The van der Waals surface area contributed by atoms with Gasteiger partial charge in [0.25, 0.3) is 0 Å². The molecule has 0 aromatic heterocycles. The molecular weight excluding hydrogens is 536 g/mol. The van der Waals surface area contributed by atoms with Crippen molar-refractivity contribution in [1.82, 2.24) is 0 Å². The maximum atomic E-state index is 12.1. The molecular formula is C38H72O5. The van der Waals surface area contributed by atoms with E-state index in [-0.39, 0.29) is 25.2 Å². The van der Waals surface area contributed by atoms with Gasteiger partial charge in [-0.1, -0.05) is 161 Å². The Morgan fingerprint density at radius 1 is 0.512 bits per heavy atom. The SMILES string of the molecule is CCCCCCC/C=C\CCCCCCCC(=O)OC[C@H](CO)OC(=O)CCCCCCCCCCCCCCCCC. The fourth-order valence-corrected chi connectivity index (χ4v) is 5.43. The number of aliphatic hydroxyl groups is 1. The molecule has 0 heterocycles. The van der Waals surface area contributed by atoms with E-state index in [0.717, 1.165) is 44.9 Å². The predicted octanol–water partition coefficient (Wildman–Crippen LogP) is 11.3. The molecule has 5 heteroatoms. The minimum atomic E-state index is -0.766. The molecule has 0 unspecified atom stereocenters. The molecule has 0 fully saturated rings. The van der Waals surface area contributed by atoms with Crippen LogP contribution in [0.3, 0.4) is 0 Å². The average Bonchev–Trinajstić information content (AvgIpc) is 3.01. The fourth-order valence-electron chi connectivity index (χ4n) is 5.43. The first kappa shape index (κ1) is 41.6. The van der Waals surface area contributed by atoms with E-state index in [1.165, 1.54) is 128 Å². The minimum absolute atomic E-state index is 0.0646. The third kappa shape index (κ3) is 33.4. The zero-order valence-electron chi connectivity index (χ0n) is 28.7. The molecule has 0 aromatic carbocycles. The second-order valence-electron chi connectivity index (χ2n) is 12.7. The summed E-state index contributed by atoms with van der Waals surface area (Å²) >= 11 is 0. The molecule has 0 amide bonds. The summed E-state index contributed by atoms with van der Waals surface area (Å²) in [5.74, 6) is -0.592. The Morgan fingerprint density at radius 3 is 1.26 bits per heavy atom. The smallest absolute Gasteiger partial charge is 0.306 e. The second kappa shape index (κ2) is 35.1. The third-order valence-corrected chi connectivity index (χ3v) is 8.31. The van der Waals surface area contributed by atoms with Crippen molar-refractivity contribution in [2.45, 2.75) is 206 Å². The number of rotatable bonds is 34. The summed E-state index contributed by atoms with van der Waals surface area (Å²) in [5, 5.41) is 9.53. The number of hydrogen-bond donors (Lipinski definition) is 1. The van der Waals surface area contributed by atoms with E-state index in [4.69, 9.17) is 9.47 Å². The molecule has 0 aliphatic carbocycles. The van der Waals surface area contributed by atoms with Gasteiger partial charge in [0.2, 0.25) is 0 Å². The zero-order valence-corrected chi connectivity index (χ0v) is 28.7. The van der Waals surface area contributed by atoms with Gasteiger partial charge in [-0.15, -0.1) is 0 Å². The van der Waals surface area contributed by atoms with E-state index in [0.29, 0.717) is 12.8 Å². The van der Waals surface area contributed by atoms with E-state index in [2.05, 4.69) is 26.0 Å². The van der Waals surface area contributed by atoms with Gasteiger partial charge in [-0.05, 0) is 38.5 Å². The lowest BCUT2D eigenvalue weighted by Crippen LogP contribution is -2.28. The van der Waals surface area contributed by atoms with Crippen molar-refractivity contribution < 1.29 is 24.2 Å². The molecule has 0 aromatic rings. The van der Waals surface area contributed by atoms with Crippen LogP contribution in [0.25, 0.3) is 0 Å². The summed E-state index contributed by atoms with van der Waals surface area (Å²) < 4.78 is 10.6. The summed E-state index contributed by atoms with van der Waals surface area (Å²) in [6, 6.07) is 0. The summed E-state index contributed by atoms with van der Waals surface area (Å²) in [6.07, 6.45) is 38.3. The van der Waals surface area contributed by atoms with Crippen molar-refractivity contribution in [3.8, 4) is 0 Å². The monoisotopic (exact) mass is 609 g/mol. The molecule has 0 bridgehead atoms. The lowest BCUT2D eigenvalue weighted by molar-refractivity contribution is -0.161. The lowest BCUT2D eigenvalue weighted by atomic mass is 10.0. The largest absolute Gasteiger partial charge is 0.462 e. The van der Waals surface area contributed by atoms with Gasteiger partial charge >= 0.3 is 11.9 Å². The van der Waals surface area contributed by atoms with Crippen LogP contribution in [-0.4, -0.2) is 36.4 Å².